The number of aromatic amines is 2. The zero-order chi connectivity index (χ0) is 27.1. The zero-order valence-corrected chi connectivity index (χ0v) is 20.6. The van der Waals surface area contributed by atoms with Crippen molar-refractivity contribution < 1.29 is 24.0 Å². The number of fused-ring (bicyclic) bond motifs is 8. The van der Waals surface area contributed by atoms with Crippen LogP contribution in [0.3, 0.4) is 0 Å². The number of hydrogen-bond donors (Lipinski definition) is 3. The molecule has 4 aromatic rings. The lowest BCUT2D eigenvalue weighted by Gasteiger charge is -2.15. The van der Waals surface area contributed by atoms with Crippen LogP contribution in [0.25, 0.3) is 44.9 Å². The standard InChI is InChI=1S/C20H12N4O4.C8H12O2/c1-3-9-11(4-2)21-17-13(9)15-16(20(26)23-19(15)25)14-10-7-8(24(27)28)5-6-12(10)22-18(14)17;1-7(9)10-8-5-3-2-4-6-8/h3-7,21-22H,1-2H2,(H,23,25,26);3,5,8H,2,4,6H2,1H3. The fraction of sp³-hybridized carbons (Fsp3) is 0.179. The van der Waals surface area contributed by atoms with Crippen LogP contribution in [0.1, 0.15) is 58.2 Å². The monoisotopic (exact) mass is 512 g/mol. The number of ether oxygens (including phenoxy) is 1. The molecule has 2 aromatic carbocycles. The smallest absolute Gasteiger partial charge is 0.303 e. The minimum Gasteiger partial charge on any atom is -0.458 e. The molecule has 0 spiro atoms. The van der Waals surface area contributed by atoms with Gasteiger partial charge in [-0.3, -0.25) is 29.8 Å². The second-order valence-corrected chi connectivity index (χ2v) is 9.01. The number of nitro groups is 1. The van der Waals surface area contributed by atoms with Crippen molar-refractivity contribution in [2.24, 2.45) is 0 Å². The van der Waals surface area contributed by atoms with Gasteiger partial charge in [-0.05, 0) is 37.5 Å². The minimum atomic E-state index is -0.532. The Morgan fingerprint density at radius 1 is 1.11 bits per heavy atom. The third kappa shape index (κ3) is 3.96. The Morgan fingerprint density at radius 3 is 2.42 bits per heavy atom. The second-order valence-electron chi connectivity index (χ2n) is 9.01. The van der Waals surface area contributed by atoms with E-state index >= 15 is 0 Å². The molecule has 2 aromatic heterocycles. The Labute approximate surface area is 216 Å². The van der Waals surface area contributed by atoms with E-state index in [4.69, 9.17) is 4.74 Å². The molecule has 1 aliphatic heterocycles. The zero-order valence-electron chi connectivity index (χ0n) is 20.6. The van der Waals surface area contributed by atoms with Gasteiger partial charge in [0.05, 0.1) is 27.1 Å². The lowest BCUT2D eigenvalue weighted by atomic mass is 9.96. The van der Waals surface area contributed by atoms with Crippen LogP contribution in [0, 0.1) is 10.1 Å². The molecule has 2 amide bonds. The molecule has 0 saturated carbocycles. The molecule has 38 heavy (non-hydrogen) atoms. The first kappa shape index (κ1) is 24.7. The maximum Gasteiger partial charge on any atom is 0.303 e. The van der Waals surface area contributed by atoms with Gasteiger partial charge in [-0.25, -0.2) is 0 Å². The lowest BCUT2D eigenvalue weighted by Crippen LogP contribution is -2.20. The van der Waals surface area contributed by atoms with Gasteiger partial charge in [0.25, 0.3) is 17.5 Å². The number of non-ortho nitro benzene ring substituents is 1. The van der Waals surface area contributed by atoms with Gasteiger partial charge in [-0.15, -0.1) is 0 Å². The molecule has 3 heterocycles. The summed E-state index contributed by atoms with van der Waals surface area (Å²) in [5.41, 5.74) is 3.49. The van der Waals surface area contributed by atoms with Crippen LogP contribution >= 0.6 is 0 Å². The highest BCUT2D eigenvalue weighted by molar-refractivity contribution is 6.37. The summed E-state index contributed by atoms with van der Waals surface area (Å²) in [6, 6.07) is 4.38. The first-order valence-corrected chi connectivity index (χ1v) is 12.0. The molecule has 1 atom stereocenters. The maximum atomic E-state index is 12.6. The van der Waals surface area contributed by atoms with Gasteiger partial charge in [-0.2, -0.15) is 0 Å². The fourth-order valence-electron chi connectivity index (χ4n) is 5.12. The van der Waals surface area contributed by atoms with Crippen LogP contribution < -0.4 is 5.32 Å². The number of aromatic nitrogens is 2. The average molecular weight is 513 g/mol. The number of imide groups is 1. The third-order valence-electron chi connectivity index (χ3n) is 6.68. The van der Waals surface area contributed by atoms with E-state index in [9.17, 15) is 24.5 Å². The molecule has 1 aliphatic carbocycles. The van der Waals surface area contributed by atoms with Crippen LogP contribution in [-0.2, 0) is 9.53 Å². The van der Waals surface area contributed by atoms with Crippen molar-refractivity contribution in [2.75, 3.05) is 0 Å². The third-order valence-corrected chi connectivity index (χ3v) is 6.68. The summed E-state index contributed by atoms with van der Waals surface area (Å²) in [6.45, 7) is 9.05. The van der Waals surface area contributed by atoms with Crippen LogP contribution in [0.4, 0.5) is 5.69 Å². The predicted molar refractivity (Wildman–Crippen MR) is 145 cm³/mol. The molecule has 0 fully saturated rings. The SMILES string of the molecule is C=Cc1[nH]c2c(c1C=C)c1c(c3c4cc([N+](=O)[O-])ccc4[nH]c23)C(=O)NC1=O.CC(=O)OC1C=CCCC1. The van der Waals surface area contributed by atoms with Crippen molar-refractivity contribution in [3.8, 4) is 0 Å². The van der Waals surface area contributed by atoms with E-state index in [2.05, 4.69) is 34.5 Å². The van der Waals surface area contributed by atoms with E-state index in [1.165, 1.54) is 19.1 Å². The van der Waals surface area contributed by atoms with Crippen molar-refractivity contribution in [2.45, 2.75) is 32.3 Å². The van der Waals surface area contributed by atoms with Crippen molar-refractivity contribution in [1.82, 2.24) is 15.3 Å². The first-order chi connectivity index (χ1) is 18.2. The highest BCUT2D eigenvalue weighted by atomic mass is 16.6. The van der Waals surface area contributed by atoms with Gasteiger partial charge in [0.1, 0.15) is 6.10 Å². The Balaban J connectivity index is 0.000000249. The van der Waals surface area contributed by atoms with Gasteiger partial charge in [0.2, 0.25) is 0 Å². The minimum absolute atomic E-state index is 0.0475. The molecular formula is C28H24N4O6. The number of amides is 2. The highest BCUT2D eigenvalue weighted by Gasteiger charge is 2.35. The van der Waals surface area contributed by atoms with Crippen LogP contribution in [-0.4, -0.2) is 38.8 Å². The van der Waals surface area contributed by atoms with E-state index in [0.717, 1.165) is 19.3 Å². The summed E-state index contributed by atoms with van der Waals surface area (Å²) in [5.74, 6) is -1.23. The Morgan fingerprint density at radius 2 is 1.82 bits per heavy atom. The molecule has 6 rings (SSSR count). The number of rotatable bonds is 4. The Bertz CT molecular complexity index is 1740. The average Bonchev–Trinajstić information content (AvgIpc) is 3.54. The number of carbonyl (C=O) groups excluding carboxylic acids is 3. The van der Waals surface area contributed by atoms with Crippen molar-refractivity contribution in [1.29, 1.82) is 0 Å². The number of H-pyrrole nitrogens is 2. The van der Waals surface area contributed by atoms with Crippen molar-refractivity contribution >= 4 is 68.3 Å². The van der Waals surface area contributed by atoms with E-state index in [-0.39, 0.29) is 28.9 Å². The molecule has 0 saturated heterocycles. The molecule has 10 heteroatoms. The van der Waals surface area contributed by atoms with E-state index in [1.54, 1.807) is 18.2 Å². The largest absolute Gasteiger partial charge is 0.458 e. The number of hydrogen-bond acceptors (Lipinski definition) is 6. The number of nitro benzene ring substituents is 1. The van der Waals surface area contributed by atoms with E-state index < -0.39 is 16.7 Å². The summed E-state index contributed by atoms with van der Waals surface area (Å²) in [7, 11) is 0. The molecule has 0 bridgehead atoms. The van der Waals surface area contributed by atoms with Crippen LogP contribution in [0.15, 0.2) is 43.5 Å². The molecule has 192 valence electrons. The maximum absolute atomic E-state index is 12.6. The highest BCUT2D eigenvalue weighted by Crippen LogP contribution is 2.42. The normalized spacial score (nSPS) is 16.2. The topological polar surface area (TPSA) is 147 Å². The fourth-order valence-corrected chi connectivity index (χ4v) is 5.12. The Hall–Kier alpha value is -4.99. The summed E-state index contributed by atoms with van der Waals surface area (Å²) < 4.78 is 4.97. The van der Waals surface area contributed by atoms with E-state index in [1.807, 2.05) is 6.08 Å². The number of nitrogens with zero attached hydrogens (tertiary/aromatic N) is 1. The van der Waals surface area contributed by atoms with Crippen molar-refractivity contribution in [3.63, 3.8) is 0 Å². The lowest BCUT2D eigenvalue weighted by molar-refractivity contribution is -0.384. The summed E-state index contributed by atoms with van der Waals surface area (Å²) in [6.07, 6.45) is 10.5. The number of nitrogens with one attached hydrogen (secondary N) is 3. The van der Waals surface area contributed by atoms with Gasteiger partial charge in [0, 0.05) is 52.0 Å². The molecule has 1 unspecified atom stereocenters. The molecule has 0 radical (unpaired) electrons. The van der Waals surface area contributed by atoms with Crippen LogP contribution in [0.2, 0.25) is 0 Å². The number of esters is 1. The predicted octanol–water partition coefficient (Wildman–Crippen LogP) is 5.54. The number of carbonyl (C=O) groups is 3. The van der Waals surface area contributed by atoms with Crippen LogP contribution in [0.5, 0.6) is 0 Å². The van der Waals surface area contributed by atoms with Gasteiger partial charge < -0.3 is 14.7 Å². The number of allylic oxidation sites excluding steroid dienone is 1. The first-order valence-electron chi connectivity index (χ1n) is 12.0. The molecular weight excluding hydrogens is 488 g/mol. The quantitative estimate of drug-likeness (QED) is 0.108. The molecule has 2 aliphatic rings. The molecule has 10 nitrogen and oxygen atoms in total. The summed E-state index contributed by atoms with van der Waals surface area (Å²) >= 11 is 0. The summed E-state index contributed by atoms with van der Waals surface area (Å²) in [5, 5.41) is 15.1. The van der Waals surface area contributed by atoms with E-state index in [0.29, 0.717) is 44.0 Å². The summed E-state index contributed by atoms with van der Waals surface area (Å²) in [4.78, 5) is 52.9. The van der Waals surface area contributed by atoms with Gasteiger partial charge in [0.15, 0.2) is 0 Å². The van der Waals surface area contributed by atoms with Gasteiger partial charge >= 0.3 is 5.97 Å². The van der Waals surface area contributed by atoms with Gasteiger partial charge in [-0.1, -0.05) is 25.3 Å². The Kier molecular flexibility index (Phi) is 6.15. The molecule has 3 N–H and O–H groups in total. The second kappa shape index (κ2) is 9.47. The van der Waals surface area contributed by atoms with Crippen molar-refractivity contribution in [3.05, 3.63) is 76.0 Å². The number of benzene rings is 2.